The van der Waals surface area contributed by atoms with Gasteiger partial charge in [0.05, 0.1) is 4.92 Å². The molecule has 2 rings (SSSR count). The average molecular weight is 390 g/mol. The van der Waals surface area contributed by atoms with Crippen LogP contribution in [0, 0.1) is 10.1 Å². The largest absolute Gasteiger partial charge is 0.480 e. The summed E-state index contributed by atoms with van der Waals surface area (Å²) in [6, 6.07) is 14.1. The highest BCUT2D eigenvalue weighted by Gasteiger charge is 2.21. The molecule has 2 aromatic carbocycles. The Morgan fingerprint density at radius 3 is 2.48 bits per heavy atom. The Bertz CT molecular complexity index is 799. The van der Waals surface area contributed by atoms with Gasteiger partial charge in [0, 0.05) is 12.5 Å². The third-order valence-corrected chi connectivity index (χ3v) is 4.52. The van der Waals surface area contributed by atoms with Crippen LogP contribution in [-0.2, 0) is 20.9 Å². The Kier molecular flexibility index (Phi) is 7.78. The molecule has 0 aliphatic carbocycles. The van der Waals surface area contributed by atoms with Gasteiger partial charge in [-0.25, -0.2) is 4.72 Å². The lowest BCUT2D eigenvalue weighted by Gasteiger charge is -2.13. The Morgan fingerprint density at radius 1 is 1.15 bits per heavy atom. The summed E-state index contributed by atoms with van der Waals surface area (Å²) in [5.41, 5.74) is 0.715. The Balaban J connectivity index is 1.84. The van der Waals surface area contributed by atoms with Crippen molar-refractivity contribution in [2.24, 2.45) is 0 Å². The first kappa shape index (κ1) is 20.4. The van der Waals surface area contributed by atoms with E-state index in [0.717, 1.165) is 17.5 Å². The van der Waals surface area contributed by atoms with E-state index < -0.39 is 22.9 Å². The molecule has 142 valence electrons. The van der Waals surface area contributed by atoms with E-state index in [2.05, 4.69) is 4.72 Å². The molecule has 27 heavy (non-hydrogen) atoms. The summed E-state index contributed by atoms with van der Waals surface area (Å²) in [6.07, 6.45) is -0.0924. The van der Waals surface area contributed by atoms with Crippen LogP contribution in [0.5, 0.6) is 0 Å². The Hall–Kier alpha value is -2.91. The SMILES string of the molecule is O=C(CCC(NSc1ccccc1[N+](=O)[O-])C(=O)O)OCc1ccccc1. The summed E-state index contributed by atoms with van der Waals surface area (Å²) in [5.74, 6) is -1.67. The van der Waals surface area contributed by atoms with Crippen molar-refractivity contribution < 1.29 is 24.4 Å². The standard InChI is InChI=1S/C18H18N2O6S/c21-17(26-12-13-6-2-1-3-7-13)11-10-14(18(22)23)19-27-16-9-5-4-8-15(16)20(24)25/h1-9,14,19H,10-12H2,(H,22,23). The van der Waals surface area contributed by atoms with Crippen molar-refractivity contribution in [3.05, 3.63) is 70.3 Å². The van der Waals surface area contributed by atoms with Crippen molar-refractivity contribution in [3.8, 4) is 0 Å². The molecule has 9 heteroatoms. The number of nitro benzene ring substituents is 1. The van der Waals surface area contributed by atoms with Gasteiger partial charge in [0.1, 0.15) is 17.5 Å². The molecule has 2 N–H and O–H groups in total. The number of hydrogen-bond donors (Lipinski definition) is 2. The Morgan fingerprint density at radius 2 is 1.81 bits per heavy atom. The maximum atomic E-state index is 11.8. The quantitative estimate of drug-likeness (QED) is 0.275. The number of carboxylic acids is 1. The number of nitro groups is 1. The topological polar surface area (TPSA) is 119 Å². The lowest BCUT2D eigenvalue weighted by Crippen LogP contribution is -2.32. The molecule has 1 unspecified atom stereocenters. The fraction of sp³-hybridized carbons (Fsp3) is 0.222. The van der Waals surface area contributed by atoms with E-state index in [1.54, 1.807) is 6.07 Å². The number of ether oxygens (including phenoxy) is 1. The molecule has 0 saturated heterocycles. The number of carbonyl (C=O) groups is 2. The molecule has 0 radical (unpaired) electrons. The van der Waals surface area contributed by atoms with E-state index in [1.165, 1.54) is 18.2 Å². The summed E-state index contributed by atoms with van der Waals surface area (Å²) < 4.78 is 7.78. The average Bonchev–Trinajstić information content (AvgIpc) is 2.67. The monoisotopic (exact) mass is 390 g/mol. The van der Waals surface area contributed by atoms with Gasteiger partial charge in [-0.05, 0) is 30.0 Å². The third kappa shape index (κ3) is 6.72. The number of hydrogen-bond acceptors (Lipinski definition) is 7. The highest BCUT2D eigenvalue weighted by molar-refractivity contribution is 7.97. The van der Waals surface area contributed by atoms with Crippen molar-refractivity contribution in [1.82, 2.24) is 4.72 Å². The zero-order valence-electron chi connectivity index (χ0n) is 14.2. The fourth-order valence-electron chi connectivity index (χ4n) is 2.13. The first-order valence-corrected chi connectivity index (χ1v) is 8.87. The predicted molar refractivity (Wildman–Crippen MR) is 99.0 cm³/mol. The highest BCUT2D eigenvalue weighted by atomic mass is 32.2. The Labute approximate surface area is 159 Å². The first-order valence-electron chi connectivity index (χ1n) is 8.05. The molecular weight excluding hydrogens is 372 g/mol. The molecular formula is C18H18N2O6S. The van der Waals surface area contributed by atoms with Gasteiger partial charge in [0.2, 0.25) is 0 Å². The molecule has 8 nitrogen and oxygen atoms in total. The number of para-hydroxylation sites is 1. The summed E-state index contributed by atoms with van der Waals surface area (Å²) in [4.78, 5) is 33.9. The number of carbonyl (C=O) groups excluding carboxylic acids is 1. The molecule has 0 spiro atoms. The minimum Gasteiger partial charge on any atom is -0.480 e. The number of esters is 1. The van der Waals surface area contributed by atoms with Gasteiger partial charge in [0.25, 0.3) is 5.69 Å². The third-order valence-electron chi connectivity index (χ3n) is 3.55. The molecule has 0 bridgehead atoms. The predicted octanol–water partition coefficient (Wildman–Crippen LogP) is 3.17. The normalized spacial score (nSPS) is 11.6. The van der Waals surface area contributed by atoms with Gasteiger partial charge in [-0.3, -0.25) is 19.7 Å². The molecule has 1 atom stereocenters. The number of aliphatic carboxylic acids is 1. The summed E-state index contributed by atoms with van der Waals surface area (Å²) in [7, 11) is 0. The van der Waals surface area contributed by atoms with Crippen molar-refractivity contribution in [3.63, 3.8) is 0 Å². The van der Waals surface area contributed by atoms with Crippen LogP contribution in [0.25, 0.3) is 0 Å². The number of rotatable bonds is 10. The van der Waals surface area contributed by atoms with E-state index >= 15 is 0 Å². The van der Waals surface area contributed by atoms with E-state index in [4.69, 9.17) is 4.74 Å². The summed E-state index contributed by atoms with van der Waals surface area (Å²) >= 11 is 0.849. The van der Waals surface area contributed by atoms with Crippen molar-refractivity contribution in [2.75, 3.05) is 0 Å². The molecule has 0 heterocycles. The zero-order valence-corrected chi connectivity index (χ0v) is 15.1. The number of nitrogens with one attached hydrogen (secondary N) is 1. The summed E-state index contributed by atoms with van der Waals surface area (Å²) in [6.45, 7) is 0.121. The fourth-order valence-corrected chi connectivity index (χ4v) is 3.02. The first-order chi connectivity index (χ1) is 13.0. The van der Waals surface area contributed by atoms with Gasteiger partial charge < -0.3 is 9.84 Å². The molecule has 0 amide bonds. The van der Waals surface area contributed by atoms with E-state index in [9.17, 15) is 24.8 Å². The minimum absolute atomic E-state index is 0.00339. The van der Waals surface area contributed by atoms with E-state index in [-0.39, 0.29) is 25.1 Å². The van der Waals surface area contributed by atoms with Gasteiger partial charge in [-0.2, -0.15) is 0 Å². The molecule has 0 aliphatic rings. The number of benzene rings is 2. The molecule has 0 saturated carbocycles. The molecule has 2 aromatic rings. The second kappa shape index (κ2) is 10.3. The zero-order chi connectivity index (χ0) is 19.6. The second-order valence-electron chi connectivity index (χ2n) is 5.52. The van der Waals surface area contributed by atoms with Crippen LogP contribution in [0.4, 0.5) is 5.69 Å². The van der Waals surface area contributed by atoms with Gasteiger partial charge >= 0.3 is 11.9 Å². The van der Waals surface area contributed by atoms with Crippen molar-refractivity contribution >= 4 is 29.6 Å². The van der Waals surface area contributed by atoms with Gasteiger partial charge in [-0.15, -0.1) is 0 Å². The van der Waals surface area contributed by atoms with Crippen LogP contribution in [0.15, 0.2) is 59.5 Å². The highest BCUT2D eigenvalue weighted by Crippen LogP contribution is 2.27. The van der Waals surface area contributed by atoms with E-state index in [0.29, 0.717) is 4.90 Å². The van der Waals surface area contributed by atoms with Crippen LogP contribution in [0.3, 0.4) is 0 Å². The van der Waals surface area contributed by atoms with Gasteiger partial charge in [-0.1, -0.05) is 42.5 Å². The van der Waals surface area contributed by atoms with Crippen LogP contribution in [0.2, 0.25) is 0 Å². The minimum atomic E-state index is -1.16. The lowest BCUT2D eigenvalue weighted by molar-refractivity contribution is -0.387. The molecule has 0 aromatic heterocycles. The van der Waals surface area contributed by atoms with Crippen LogP contribution < -0.4 is 4.72 Å². The molecule has 0 aliphatic heterocycles. The number of nitrogens with zero attached hydrogens (tertiary/aromatic N) is 1. The van der Waals surface area contributed by atoms with Crippen LogP contribution in [-0.4, -0.2) is 28.0 Å². The maximum Gasteiger partial charge on any atom is 0.321 e. The number of carboxylic acid groups (broad SMARTS) is 1. The second-order valence-corrected chi connectivity index (χ2v) is 6.40. The van der Waals surface area contributed by atoms with Crippen molar-refractivity contribution in [1.29, 1.82) is 0 Å². The van der Waals surface area contributed by atoms with E-state index in [1.807, 2.05) is 30.3 Å². The van der Waals surface area contributed by atoms with Crippen LogP contribution >= 0.6 is 11.9 Å². The molecule has 0 fully saturated rings. The summed E-state index contributed by atoms with van der Waals surface area (Å²) in [5, 5.41) is 20.3. The van der Waals surface area contributed by atoms with Crippen LogP contribution in [0.1, 0.15) is 18.4 Å². The maximum absolute atomic E-state index is 11.8. The van der Waals surface area contributed by atoms with Crippen molar-refractivity contribution in [2.45, 2.75) is 30.4 Å². The lowest BCUT2D eigenvalue weighted by atomic mass is 10.2. The smallest absolute Gasteiger partial charge is 0.321 e. The van der Waals surface area contributed by atoms with Gasteiger partial charge in [0.15, 0.2) is 0 Å².